The Hall–Kier alpha value is -1.73. The van der Waals surface area contributed by atoms with Crippen LogP contribution in [0, 0.1) is 5.82 Å². The Morgan fingerprint density at radius 3 is 2.43 bits per heavy atom. The summed E-state index contributed by atoms with van der Waals surface area (Å²) in [7, 11) is 0. The molecule has 0 fully saturated rings. The third kappa shape index (κ3) is 3.68. The van der Waals surface area contributed by atoms with E-state index >= 15 is 0 Å². The zero-order valence-electron chi connectivity index (χ0n) is 10.4. The molecule has 2 aromatic carbocycles. The van der Waals surface area contributed by atoms with E-state index in [0.717, 1.165) is 18.2 Å². The topological polar surface area (TPSA) is 66.4 Å². The zero-order chi connectivity index (χ0) is 15.6. The summed E-state index contributed by atoms with van der Waals surface area (Å²) in [5, 5.41) is 11.5. The lowest BCUT2D eigenvalue weighted by molar-refractivity contribution is 0.0698. The van der Waals surface area contributed by atoms with Crippen LogP contribution in [0.1, 0.15) is 20.7 Å². The van der Waals surface area contributed by atoms with Gasteiger partial charge < -0.3 is 10.4 Å². The normalized spacial score (nSPS) is 10.2. The number of halogens is 3. The van der Waals surface area contributed by atoms with Crippen molar-refractivity contribution in [3.8, 4) is 0 Å². The highest BCUT2D eigenvalue weighted by atomic mass is 79.9. The van der Waals surface area contributed by atoms with Crippen LogP contribution in [0.25, 0.3) is 0 Å². The summed E-state index contributed by atoms with van der Waals surface area (Å²) in [6.45, 7) is 0. The van der Waals surface area contributed by atoms with Gasteiger partial charge in [-0.3, -0.25) is 4.79 Å². The fourth-order valence-corrected chi connectivity index (χ4v) is 2.46. The molecular formula is C14H8Br2FNO3. The Bertz CT molecular complexity index is 734. The molecule has 0 heterocycles. The van der Waals surface area contributed by atoms with E-state index < -0.39 is 17.7 Å². The summed E-state index contributed by atoms with van der Waals surface area (Å²) in [4.78, 5) is 23.3. The van der Waals surface area contributed by atoms with E-state index in [0.29, 0.717) is 14.5 Å². The van der Waals surface area contributed by atoms with Crippen molar-refractivity contribution < 1.29 is 19.1 Å². The third-order valence-electron chi connectivity index (χ3n) is 2.63. The van der Waals surface area contributed by atoms with Crippen LogP contribution in [0.5, 0.6) is 0 Å². The maximum Gasteiger partial charge on any atom is 0.337 e. The van der Waals surface area contributed by atoms with Crippen LogP contribution >= 0.6 is 31.9 Å². The molecule has 0 spiro atoms. The maximum atomic E-state index is 13.2. The number of hydrogen-bond donors (Lipinski definition) is 2. The SMILES string of the molecule is O=C(Nc1cc(F)ccc1C(=O)O)c1cc(Br)ccc1Br. The number of hydrogen-bond acceptors (Lipinski definition) is 2. The fourth-order valence-electron chi connectivity index (χ4n) is 1.67. The molecular weight excluding hydrogens is 409 g/mol. The highest BCUT2D eigenvalue weighted by Gasteiger charge is 2.16. The smallest absolute Gasteiger partial charge is 0.337 e. The zero-order valence-corrected chi connectivity index (χ0v) is 13.5. The van der Waals surface area contributed by atoms with E-state index in [4.69, 9.17) is 5.11 Å². The van der Waals surface area contributed by atoms with Crippen LogP contribution in [0.4, 0.5) is 10.1 Å². The second-order valence-corrected chi connectivity index (χ2v) is 5.84. The predicted octanol–water partition coefficient (Wildman–Crippen LogP) is 4.30. The van der Waals surface area contributed by atoms with Crippen LogP contribution in [-0.2, 0) is 0 Å². The molecule has 0 aliphatic heterocycles. The van der Waals surface area contributed by atoms with E-state index in [-0.39, 0.29) is 11.3 Å². The summed E-state index contributed by atoms with van der Waals surface area (Å²) in [6, 6.07) is 8.07. The molecule has 1 amide bonds. The van der Waals surface area contributed by atoms with E-state index in [1.807, 2.05) is 0 Å². The molecule has 21 heavy (non-hydrogen) atoms. The van der Waals surface area contributed by atoms with E-state index in [1.165, 1.54) is 0 Å². The number of carbonyl (C=O) groups is 2. The standard InChI is InChI=1S/C14H8Br2FNO3/c15-7-1-4-11(16)10(5-7)13(19)18-12-6-8(17)2-3-9(12)14(20)21/h1-6H,(H,18,19)(H,20,21). The molecule has 2 N–H and O–H groups in total. The van der Waals surface area contributed by atoms with Gasteiger partial charge in [-0.25, -0.2) is 9.18 Å². The number of aromatic carboxylic acids is 1. The van der Waals surface area contributed by atoms with Crippen molar-refractivity contribution >= 4 is 49.4 Å². The Kier molecular flexibility index (Phi) is 4.74. The quantitative estimate of drug-likeness (QED) is 0.783. The molecule has 0 unspecified atom stereocenters. The number of anilines is 1. The van der Waals surface area contributed by atoms with E-state index in [2.05, 4.69) is 37.2 Å². The lowest BCUT2D eigenvalue weighted by atomic mass is 10.1. The molecule has 0 saturated carbocycles. The van der Waals surface area contributed by atoms with Gasteiger partial charge in [-0.2, -0.15) is 0 Å². The molecule has 0 saturated heterocycles. The van der Waals surface area contributed by atoms with E-state index in [1.54, 1.807) is 18.2 Å². The van der Waals surface area contributed by atoms with Crippen molar-refractivity contribution in [3.05, 3.63) is 62.3 Å². The monoisotopic (exact) mass is 415 g/mol. The first-order valence-electron chi connectivity index (χ1n) is 5.67. The Morgan fingerprint density at radius 1 is 1.05 bits per heavy atom. The average Bonchev–Trinajstić information content (AvgIpc) is 2.41. The van der Waals surface area contributed by atoms with Crippen molar-refractivity contribution in [2.45, 2.75) is 0 Å². The summed E-state index contributed by atoms with van der Waals surface area (Å²) < 4.78 is 14.5. The number of benzene rings is 2. The van der Waals surface area contributed by atoms with Gasteiger partial charge >= 0.3 is 5.97 Å². The third-order valence-corrected chi connectivity index (χ3v) is 3.82. The molecule has 2 rings (SSSR count). The van der Waals surface area contributed by atoms with Crippen LogP contribution < -0.4 is 5.32 Å². The minimum atomic E-state index is -1.25. The van der Waals surface area contributed by atoms with Gasteiger partial charge in [0.15, 0.2) is 0 Å². The molecule has 0 bridgehead atoms. The minimum Gasteiger partial charge on any atom is -0.478 e. The Balaban J connectivity index is 2.38. The second-order valence-electron chi connectivity index (χ2n) is 4.07. The number of carboxylic acids is 1. The molecule has 0 aliphatic rings. The molecule has 0 aromatic heterocycles. The number of carbonyl (C=O) groups excluding carboxylic acids is 1. The van der Waals surface area contributed by atoms with Gasteiger partial charge in [0.2, 0.25) is 0 Å². The summed E-state index contributed by atoms with van der Waals surface area (Å²) >= 11 is 6.48. The molecule has 2 aromatic rings. The lowest BCUT2D eigenvalue weighted by Crippen LogP contribution is -2.15. The first-order chi connectivity index (χ1) is 9.88. The maximum absolute atomic E-state index is 13.2. The largest absolute Gasteiger partial charge is 0.478 e. The van der Waals surface area contributed by atoms with Crippen molar-refractivity contribution in [1.29, 1.82) is 0 Å². The highest BCUT2D eigenvalue weighted by Crippen LogP contribution is 2.24. The summed E-state index contributed by atoms with van der Waals surface area (Å²) in [5.41, 5.74) is 0.0141. The van der Waals surface area contributed by atoms with Gasteiger partial charge in [0.1, 0.15) is 5.82 Å². The second kappa shape index (κ2) is 6.36. The fraction of sp³-hybridized carbons (Fsp3) is 0. The van der Waals surface area contributed by atoms with Crippen LogP contribution in [0.3, 0.4) is 0 Å². The van der Waals surface area contributed by atoms with Gasteiger partial charge in [0.25, 0.3) is 5.91 Å². The van der Waals surface area contributed by atoms with Crippen molar-refractivity contribution in [1.82, 2.24) is 0 Å². The molecule has 4 nitrogen and oxygen atoms in total. The Labute approximate surface area is 136 Å². The summed E-state index contributed by atoms with van der Waals surface area (Å²) in [6.07, 6.45) is 0. The molecule has 0 radical (unpaired) electrons. The number of rotatable bonds is 3. The first-order valence-corrected chi connectivity index (χ1v) is 7.26. The Morgan fingerprint density at radius 2 is 1.76 bits per heavy atom. The van der Waals surface area contributed by atoms with Crippen LogP contribution in [-0.4, -0.2) is 17.0 Å². The first kappa shape index (κ1) is 15.7. The van der Waals surface area contributed by atoms with Crippen LogP contribution in [0.15, 0.2) is 45.3 Å². The van der Waals surface area contributed by atoms with Gasteiger partial charge in [-0.15, -0.1) is 0 Å². The van der Waals surface area contributed by atoms with Gasteiger partial charge in [-0.1, -0.05) is 15.9 Å². The van der Waals surface area contributed by atoms with Gasteiger partial charge in [-0.05, 0) is 52.3 Å². The number of nitrogens with one attached hydrogen (secondary N) is 1. The minimum absolute atomic E-state index is 0.0978. The summed E-state index contributed by atoms with van der Waals surface area (Å²) in [5.74, 6) is -2.43. The molecule has 0 atom stereocenters. The number of amides is 1. The predicted molar refractivity (Wildman–Crippen MR) is 83.2 cm³/mol. The molecule has 108 valence electrons. The van der Waals surface area contributed by atoms with E-state index in [9.17, 15) is 14.0 Å². The highest BCUT2D eigenvalue weighted by molar-refractivity contribution is 9.11. The van der Waals surface area contributed by atoms with Crippen molar-refractivity contribution in [2.75, 3.05) is 5.32 Å². The van der Waals surface area contributed by atoms with Crippen LogP contribution in [0.2, 0.25) is 0 Å². The van der Waals surface area contributed by atoms with Gasteiger partial charge in [0, 0.05) is 8.95 Å². The lowest BCUT2D eigenvalue weighted by Gasteiger charge is -2.10. The van der Waals surface area contributed by atoms with Gasteiger partial charge in [0.05, 0.1) is 16.8 Å². The molecule has 0 aliphatic carbocycles. The van der Waals surface area contributed by atoms with Crippen molar-refractivity contribution in [2.24, 2.45) is 0 Å². The number of carboxylic acid groups (broad SMARTS) is 1. The van der Waals surface area contributed by atoms with Crippen molar-refractivity contribution in [3.63, 3.8) is 0 Å². The average molecular weight is 417 g/mol. The molecule has 7 heteroatoms.